The van der Waals surface area contributed by atoms with Crippen molar-refractivity contribution < 1.29 is 9.59 Å². The largest absolute Gasteiger partial charge is 0.353 e. The lowest BCUT2D eigenvalue weighted by atomic mass is 10.0. The van der Waals surface area contributed by atoms with Gasteiger partial charge in [-0.15, -0.1) is 11.3 Å². The molecule has 3 heterocycles. The highest BCUT2D eigenvalue weighted by atomic mass is 32.1. The number of hydrogen-bond donors (Lipinski definition) is 1. The van der Waals surface area contributed by atoms with Crippen LogP contribution in [0.4, 0.5) is 0 Å². The summed E-state index contributed by atoms with van der Waals surface area (Å²) in [5.74, 6) is -0.361. The summed E-state index contributed by atoms with van der Waals surface area (Å²) in [4.78, 5) is 44.6. The molecular formula is C21H22N4O3S. The Morgan fingerprint density at radius 2 is 1.93 bits per heavy atom. The van der Waals surface area contributed by atoms with Crippen LogP contribution in [-0.2, 0) is 11.2 Å². The van der Waals surface area contributed by atoms with E-state index in [-0.39, 0.29) is 29.0 Å². The van der Waals surface area contributed by atoms with Crippen LogP contribution in [0.2, 0.25) is 0 Å². The normalized spacial score (nSPS) is 14.9. The summed E-state index contributed by atoms with van der Waals surface area (Å²) >= 11 is 1.45. The molecule has 4 rings (SSSR count). The Morgan fingerprint density at radius 3 is 2.62 bits per heavy atom. The van der Waals surface area contributed by atoms with Crippen LogP contribution in [0.5, 0.6) is 0 Å². The van der Waals surface area contributed by atoms with Crippen molar-refractivity contribution >= 4 is 28.1 Å². The van der Waals surface area contributed by atoms with Crippen LogP contribution in [0.15, 0.2) is 47.5 Å². The Kier molecular flexibility index (Phi) is 5.44. The third-order valence-corrected chi connectivity index (χ3v) is 6.09. The Labute approximate surface area is 172 Å². The summed E-state index contributed by atoms with van der Waals surface area (Å²) in [5.41, 5.74) is 0.912. The van der Waals surface area contributed by atoms with Gasteiger partial charge in [-0.3, -0.25) is 18.8 Å². The first-order chi connectivity index (χ1) is 14.0. The van der Waals surface area contributed by atoms with Crippen LogP contribution >= 0.6 is 11.3 Å². The third kappa shape index (κ3) is 4.22. The van der Waals surface area contributed by atoms with Crippen molar-refractivity contribution in [3.8, 4) is 0 Å². The summed E-state index contributed by atoms with van der Waals surface area (Å²) in [5, 5.41) is 2.89. The number of aromatic nitrogens is 2. The van der Waals surface area contributed by atoms with E-state index in [0.717, 1.165) is 10.4 Å². The van der Waals surface area contributed by atoms with E-state index in [9.17, 15) is 14.4 Å². The van der Waals surface area contributed by atoms with Gasteiger partial charge in [0.1, 0.15) is 5.56 Å². The van der Waals surface area contributed by atoms with E-state index in [0.29, 0.717) is 37.3 Å². The maximum absolute atomic E-state index is 12.9. The number of rotatable bonds is 4. The van der Waals surface area contributed by atoms with Crippen molar-refractivity contribution in [1.82, 2.24) is 19.6 Å². The van der Waals surface area contributed by atoms with Crippen LogP contribution in [0.25, 0.3) is 4.96 Å². The van der Waals surface area contributed by atoms with Crippen molar-refractivity contribution in [2.24, 2.45) is 0 Å². The molecule has 7 nitrogen and oxygen atoms in total. The second-order valence-corrected chi connectivity index (χ2v) is 8.35. The quantitative estimate of drug-likeness (QED) is 0.714. The van der Waals surface area contributed by atoms with Gasteiger partial charge in [-0.05, 0) is 18.4 Å². The minimum Gasteiger partial charge on any atom is -0.353 e. The molecule has 2 amide bonds. The Morgan fingerprint density at radius 1 is 1.21 bits per heavy atom. The first-order valence-electron chi connectivity index (χ1n) is 9.61. The molecule has 0 spiro atoms. The Balaban J connectivity index is 1.52. The van der Waals surface area contributed by atoms with Gasteiger partial charge in [-0.25, -0.2) is 4.98 Å². The zero-order chi connectivity index (χ0) is 20.4. The summed E-state index contributed by atoms with van der Waals surface area (Å²) < 4.78 is 1.47. The molecule has 1 aromatic carbocycles. The molecule has 29 heavy (non-hydrogen) atoms. The second kappa shape index (κ2) is 8.16. The topological polar surface area (TPSA) is 83.8 Å². The van der Waals surface area contributed by atoms with Crippen molar-refractivity contribution in [1.29, 1.82) is 0 Å². The van der Waals surface area contributed by atoms with Gasteiger partial charge in [0.2, 0.25) is 5.91 Å². The lowest BCUT2D eigenvalue weighted by Gasteiger charge is -2.32. The van der Waals surface area contributed by atoms with E-state index in [2.05, 4.69) is 10.3 Å². The van der Waals surface area contributed by atoms with E-state index >= 15 is 0 Å². The molecule has 150 valence electrons. The number of amides is 2. The first kappa shape index (κ1) is 19.3. The first-order valence-corrected chi connectivity index (χ1v) is 10.4. The molecule has 1 fully saturated rings. The molecule has 0 aliphatic carbocycles. The summed E-state index contributed by atoms with van der Waals surface area (Å²) in [6.45, 7) is 2.51. The summed E-state index contributed by atoms with van der Waals surface area (Å²) in [6, 6.07) is 10.1. The van der Waals surface area contributed by atoms with Crippen LogP contribution in [0.3, 0.4) is 0 Å². The predicted molar refractivity (Wildman–Crippen MR) is 111 cm³/mol. The van der Waals surface area contributed by atoms with Gasteiger partial charge in [-0.1, -0.05) is 30.3 Å². The van der Waals surface area contributed by atoms with Gasteiger partial charge < -0.3 is 10.2 Å². The van der Waals surface area contributed by atoms with Crippen LogP contribution < -0.4 is 10.9 Å². The minimum atomic E-state index is -0.334. The summed E-state index contributed by atoms with van der Waals surface area (Å²) in [6.07, 6.45) is 5.25. The number of fused-ring (bicyclic) bond motifs is 1. The highest BCUT2D eigenvalue weighted by molar-refractivity contribution is 7.17. The number of thiazole rings is 1. The van der Waals surface area contributed by atoms with Gasteiger partial charge in [0.15, 0.2) is 4.96 Å². The molecule has 3 aromatic rings. The van der Waals surface area contributed by atoms with E-state index in [1.165, 1.54) is 28.9 Å². The Bertz CT molecular complexity index is 1100. The number of likely N-dealkylation sites (tertiary alicyclic amines) is 1. The Hall–Kier alpha value is -3.00. The molecule has 1 saturated heterocycles. The number of hydrogen-bond acceptors (Lipinski definition) is 5. The predicted octanol–water partition coefficient (Wildman–Crippen LogP) is 2.09. The SMILES string of the molecule is CC(=O)NC1CCN(C(=O)c2cnc3sc(Cc4ccccc4)cn3c2=O)CC1. The molecule has 1 aliphatic rings. The number of benzene rings is 1. The van der Waals surface area contributed by atoms with Gasteiger partial charge in [-0.2, -0.15) is 0 Å². The molecule has 0 bridgehead atoms. The molecule has 0 atom stereocenters. The average molecular weight is 410 g/mol. The summed E-state index contributed by atoms with van der Waals surface area (Å²) in [7, 11) is 0. The average Bonchev–Trinajstić information content (AvgIpc) is 3.12. The maximum Gasteiger partial charge on any atom is 0.271 e. The fourth-order valence-electron chi connectivity index (χ4n) is 3.64. The van der Waals surface area contributed by atoms with Gasteiger partial charge in [0.05, 0.1) is 0 Å². The van der Waals surface area contributed by atoms with Crippen LogP contribution in [-0.4, -0.2) is 45.2 Å². The van der Waals surface area contributed by atoms with E-state index in [4.69, 9.17) is 0 Å². The molecule has 8 heteroatoms. The smallest absolute Gasteiger partial charge is 0.271 e. The molecule has 1 N–H and O–H groups in total. The lowest BCUT2D eigenvalue weighted by molar-refractivity contribution is -0.119. The standard InChI is InChI=1S/C21H22N4O3S/c1-14(26)23-16-7-9-24(10-8-16)19(27)18-12-22-21-25(20(18)28)13-17(29-21)11-15-5-3-2-4-6-15/h2-6,12-13,16H,7-11H2,1H3,(H,23,26). The maximum atomic E-state index is 12.9. The zero-order valence-corrected chi connectivity index (χ0v) is 16.9. The minimum absolute atomic E-state index is 0.0635. The van der Waals surface area contributed by atoms with Crippen molar-refractivity contribution in [2.45, 2.75) is 32.2 Å². The monoisotopic (exact) mass is 410 g/mol. The number of carbonyl (C=O) groups is 2. The number of carbonyl (C=O) groups excluding carboxylic acids is 2. The molecule has 0 unspecified atom stereocenters. The van der Waals surface area contributed by atoms with Crippen molar-refractivity contribution in [3.05, 3.63) is 69.1 Å². The van der Waals surface area contributed by atoms with Crippen molar-refractivity contribution in [2.75, 3.05) is 13.1 Å². The van der Waals surface area contributed by atoms with Gasteiger partial charge >= 0.3 is 0 Å². The highest BCUT2D eigenvalue weighted by Crippen LogP contribution is 2.19. The van der Waals surface area contributed by atoms with E-state index < -0.39 is 0 Å². The van der Waals surface area contributed by atoms with E-state index in [1.54, 1.807) is 11.1 Å². The van der Waals surface area contributed by atoms with Crippen molar-refractivity contribution in [3.63, 3.8) is 0 Å². The van der Waals surface area contributed by atoms with Crippen LogP contribution in [0.1, 0.15) is 40.6 Å². The molecule has 0 saturated carbocycles. The third-order valence-electron chi connectivity index (χ3n) is 5.10. The molecule has 2 aromatic heterocycles. The number of nitrogens with zero attached hydrogens (tertiary/aromatic N) is 3. The molecular weight excluding hydrogens is 388 g/mol. The lowest BCUT2D eigenvalue weighted by Crippen LogP contribution is -2.47. The number of nitrogens with one attached hydrogen (secondary N) is 1. The zero-order valence-electron chi connectivity index (χ0n) is 16.1. The van der Waals surface area contributed by atoms with Gasteiger partial charge in [0.25, 0.3) is 11.5 Å². The van der Waals surface area contributed by atoms with Gasteiger partial charge in [0, 0.05) is 49.7 Å². The molecule has 1 aliphatic heterocycles. The van der Waals surface area contributed by atoms with Crippen LogP contribution in [0, 0.1) is 0 Å². The second-order valence-electron chi connectivity index (χ2n) is 7.26. The molecule has 0 radical (unpaired) electrons. The highest BCUT2D eigenvalue weighted by Gasteiger charge is 2.26. The number of piperidine rings is 1. The van der Waals surface area contributed by atoms with E-state index in [1.807, 2.05) is 30.3 Å². The fourth-order valence-corrected chi connectivity index (χ4v) is 4.61. The fraction of sp³-hybridized carbons (Fsp3) is 0.333.